The lowest BCUT2D eigenvalue weighted by Gasteiger charge is -2.24. The van der Waals surface area contributed by atoms with Gasteiger partial charge in [-0.1, -0.05) is 26.0 Å². The normalized spacial score (nSPS) is 13.6. The Hall–Kier alpha value is -1.02. The van der Waals surface area contributed by atoms with Crippen LogP contribution in [0.15, 0.2) is 24.3 Å². The fourth-order valence-corrected chi connectivity index (χ4v) is 1.43. The molecule has 16 heavy (non-hydrogen) atoms. The third-order valence-electron chi connectivity index (χ3n) is 2.92. The molecule has 0 aliphatic rings. The van der Waals surface area contributed by atoms with Crippen LogP contribution in [0.5, 0.6) is 5.75 Å². The van der Waals surface area contributed by atoms with E-state index in [1.165, 1.54) is 5.56 Å². The van der Waals surface area contributed by atoms with E-state index >= 15 is 0 Å². The van der Waals surface area contributed by atoms with Crippen LogP contribution >= 0.6 is 0 Å². The summed E-state index contributed by atoms with van der Waals surface area (Å²) in [5, 5.41) is 0. The molecule has 1 aromatic carbocycles. The number of methoxy groups -OCH3 is 1. The van der Waals surface area contributed by atoms with Crippen LogP contribution in [0.2, 0.25) is 0 Å². The van der Waals surface area contributed by atoms with E-state index in [1.807, 2.05) is 26.0 Å². The monoisotopic (exact) mass is 222 g/mol. The Balaban J connectivity index is 2.72. The zero-order valence-corrected chi connectivity index (χ0v) is 10.9. The second-order valence-corrected chi connectivity index (χ2v) is 4.58. The van der Waals surface area contributed by atoms with Crippen molar-refractivity contribution in [2.75, 3.05) is 7.11 Å². The highest BCUT2D eigenvalue weighted by molar-refractivity contribution is 5.29. The smallest absolute Gasteiger partial charge is 0.204 e. The van der Waals surface area contributed by atoms with Gasteiger partial charge in [-0.25, -0.2) is 0 Å². The molecule has 1 rings (SSSR count). The van der Waals surface area contributed by atoms with E-state index in [9.17, 15) is 0 Å². The maximum atomic E-state index is 5.70. The van der Waals surface area contributed by atoms with E-state index in [1.54, 1.807) is 7.11 Å². The maximum absolute atomic E-state index is 5.70. The van der Waals surface area contributed by atoms with Crippen molar-refractivity contribution in [1.29, 1.82) is 0 Å². The molecule has 0 saturated carbocycles. The molecule has 0 aliphatic carbocycles. The van der Waals surface area contributed by atoms with E-state index in [-0.39, 0.29) is 0 Å². The maximum Gasteiger partial charge on any atom is 0.204 e. The van der Waals surface area contributed by atoms with Crippen molar-refractivity contribution in [3.05, 3.63) is 29.8 Å². The highest BCUT2D eigenvalue weighted by Gasteiger charge is 2.17. The zero-order valence-electron chi connectivity index (χ0n) is 10.9. The van der Waals surface area contributed by atoms with Gasteiger partial charge in [0, 0.05) is 21.0 Å². The first-order chi connectivity index (χ1) is 7.48. The van der Waals surface area contributed by atoms with Crippen molar-refractivity contribution in [2.24, 2.45) is 0 Å². The van der Waals surface area contributed by atoms with Crippen LogP contribution in [0.4, 0.5) is 0 Å². The molecule has 0 aromatic heterocycles. The van der Waals surface area contributed by atoms with E-state index in [0.29, 0.717) is 5.92 Å². The van der Waals surface area contributed by atoms with Crippen LogP contribution < -0.4 is 4.74 Å². The quantitative estimate of drug-likeness (QED) is 0.702. The second-order valence-electron chi connectivity index (χ2n) is 4.58. The standard InChI is InChI=1S/C14H22O2/c1-6-11(2)12-7-9-13(10-8-12)16-14(3,4)15-5/h7-11H,6H2,1-5H3. The molecule has 0 bridgehead atoms. The lowest BCUT2D eigenvalue weighted by Crippen LogP contribution is -2.30. The molecule has 0 fully saturated rings. The minimum absolute atomic E-state index is 0.572. The Labute approximate surface area is 98.6 Å². The van der Waals surface area contributed by atoms with Gasteiger partial charge in [0.05, 0.1) is 0 Å². The van der Waals surface area contributed by atoms with E-state index in [4.69, 9.17) is 9.47 Å². The Kier molecular flexibility index (Phi) is 4.36. The predicted molar refractivity (Wildman–Crippen MR) is 66.9 cm³/mol. The summed E-state index contributed by atoms with van der Waals surface area (Å²) in [7, 11) is 1.65. The molecule has 0 spiro atoms. The molecule has 90 valence electrons. The summed E-state index contributed by atoms with van der Waals surface area (Å²) in [6.45, 7) is 8.23. The van der Waals surface area contributed by atoms with Gasteiger partial charge in [0.2, 0.25) is 5.79 Å². The first-order valence-corrected chi connectivity index (χ1v) is 5.82. The van der Waals surface area contributed by atoms with Gasteiger partial charge in [-0.15, -0.1) is 0 Å². The van der Waals surface area contributed by atoms with E-state index < -0.39 is 5.79 Å². The van der Waals surface area contributed by atoms with Crippen LogP contribution in [0.25, 0.3) is 0 Å². The van der Waals surface area contributed by atoms with Crippen LogP contribution in [-0.2, 0) is 4.74 Å². The summed E-state index contributed by atoms with van der Waals surface area (Å²) in [6.07, 6.45) is 1.16. The van der Waals surface area contributed by atoms with Crippen molar-refractivity contribution >= 4 is 0 Å². The van der Waals surface area contributed by atoms with Crippen LogP contribution in [-0.4, -0.2) is 12.9 Å². The molecule has 0 heterocycles. The number of rotatable bonds is 5. The van der Waals surface area contributed by atoms with Gasteiger partial charge in [-0.2, -0.15) is 0 Å². The van der Waals surface area contributed by atoms with Crippen LogP contribution in [0.3, 0.4) is 0 Å². The molecular formula is C14H22O2. The van der Waals surface area contributed by atoms with Gasteiger partial charge in [0.25, 0.3) is 0 Å². The zero-order chi connectivity index (χ0) is 12.2. The molecule has 0 aliphatic heterocycles. The number of hydrogen-bond donors (Lipinski definition) is 0. The molecule has 2 heteroatoms. The SMILES string of the molecule is CCC(C)c1ccc(OC(C)(C)OC)cc1. The number of hydrogen-bond acceptors (Lipinski definition) is 2. The highest BCUT2D eigenvalue weighted by Crippen LogP contribution is 2.23. The van der Waals surface area contributed by atoms with Crippen LogP contribution in [0, 0.1) is 0 Å². The fourth-order valence-electron chi connectivity index (χ4n) is 1.43. The Morgan fingerprint density at radius 2 is 1.75 bits per heavy atom. The minimum Gasteiger partial charge on any atom is -0.463 e. The van der Waals surface area contributed by atoms with Crippen molar-refractivity contribution < 1.29 is 9.47 Å². The molecule has 0 amide bonds. The summed E-state index contributed by atoms with van der Waals surface area (Å²) >= 11 is 0. The summed E-state index contributed by atoms with van der Waals surface area (Å²) in [4.78, 5) is 0. The average molecular weight is 222 g/mol. The Morgan fingerprint density at radius 3 is 2.19 bits per heavy atom. The van der Waals surface area contributed by atoms with Gasteiger partial charge in [0.1, 0.15) is 5.75 Å². The molecular weight excluding hydrogens is 200 g/mol. The molecule has 0 N–H and O–H groups in total. The average Bonchev–Trinajstić information content (AvgIpc) is 2.28. The lowest BCUT2D eigenvalue weighted by atomic mass is 9.99. The summed E-state index contributed by atoms with van der Waals surface area (Å²) in [6, 6.07) is 8.25. The first kappa shape index (κ1) is 13.0. The van der Waals surface area contributed by atoms with Crippen molar-refractivity contribution in [2.45, 2.75) is 45.8 Å². The van der Waals surface area contributed by atoms with E-state index in [0.717, 1.165) is 12.2 Å². The highest BCUT2D eigenvalue weighted by atomic mass is 16.7. The van der Waals surface area contributed by atoms with Crippen LogP contribution in [0.1, 0.15) is 45.6 Å². The molecule has 1 unspecified atom stereocenters. The van der Waals surface area contributed by atoms with Gasteiger partial charge >= 0.3 is 0 Å². The van der Waals surface area contributed by atoms with E-state index in [2.05, 4.69) is 26.0 Å². The van der Waals surface area contributed by atoms with Crippen molar-refractivity contribution in [3.8, 4) is 5.75 Å². The Morgan fingerprint density at radius 1 is 1.19 bits per heavy atom. The van der Waals surface area contributed by atoms with Crippen molar-refractivity contribution in [3.63, 3.8) is 0 Å². The molecule has 0 radical (unpaired) electrons. The molecule has 1 atom stereocenters. The molecule has 2 nitrogen and oxygen atoms in total. The van der Waals surface area contributed by atoms with Crippen molar-refractivity contribution in [1.82, 2.24) is 0 Å². The summed E-state index contributed by atoms with van der Waals surface area (Å²) in [5.41, 5.74) is 1.35. The van der Waals surface area contributed by atoms with Gasteiger partial charge in [-0.3, -0.25) is 0 Å². The largest absolute Gasteiger partial charge is 0.463 e. The predicted octanol–water partition coefficient (Wildman–Crippen LogP) is 3.96. The summed E-state index contributed by atoms with van der Waals surface area (Å²) < 4.78 is 10.9. The second kappa shape index (κ2) is 5.35. The number of ether oxygens (including phenoxy) is 2. The third-order valence-corrected chi connectivity index (χ3v) is 2.92. The summed E-state index contributed by atoms with van der Waals surface area (Å²) in [5.74, 6) is 0.876. The third kappa shape index (κ3) is 3.53. The molecule has 0 saturated heterocycles. The first-order valence-electron chi connectivity index (χ1n) is 5.82. The van der Waals surface area contributed by atoms with Gasteiger partial charge < -0.3 is 9.47 Å². The van der Waals surface area contributed by atoms with Gasteiger partial charge in [-0.05, 0) is 30.0 Å². The van der Waals surface area contributed by atoms with Gasteiger partial charge in [0.15, 0.2) is 0 Å². The Bertz CT molecular complexity index is 314. The minimum atomic E-state index is -0.572. The lowest BCUT2D eigenvalue weighted by molar-refractivity contribution is -0.134. The topological polar surface area (TPSA) is 18.5 Å². The molecule has 1 aromatic rings. The fraction of sp³-hybridized carbons (Fsp3) is 0.571. The number of benzene rings is 1.